The van der Waals surface area contributed by atoms with Gasteiger partial charge in [-0.25, -0.2) is 18.0 Å². The van der Waals surface area contributed by atoms with Crippen molar-refractivity contribution in [3.05, 3.63) is 23.5 Å². The summed E-state index contributed by atoms with van der Waals surface area (Å²) in [6.07, 6.45) is 0.452. The van der Waals surface area contributed by atoms with Gasteiger partial charge >= 0.3 is 6.09 Å². The molecule has 2 aliphatic rings. The van der Waals surface area contributed by atoms with Crippen molar-refractivity contribution in [3.8, 4) is 0 Å². The molecular formula is C21H30F3N3O2. The number of ether oxygens (including phenoxy) is 1. The van der Waals surface area contributed by atoms with Gasteiger partial charge in [-0.1, -0.05) is 0 Å². The number of nitrogen functional groups attached to an aromatic ring is 1. The van der Waals surface area contributed by atoms with Crippen LogP contribution in [-0.4, -0.2) is 48.7 Å². The molecule has 162 valence electrons. The highest BCUT2D eigenvalue weighted by Crippen LogP contribution is 2.38. The second-order valence-corrected chi connectivity index (χ2v) is 9.03. The summed E-state index contributed by atoms with van der Waals surface area (Å²) in [5.74, 6) is -3.07. The number of likely N-dealkylation sites (tertiary alicyclic amines) is 1. The fraction of sp³-hybridized carbons (Fsp3) is 0.667. The van der Waals surface area contributed by atoms with Crippen LogP contribution in [0.2, 0.25) is 0 Å². The maximum atomic E-state index is 14.8. The summed E-state index contributed by atoms with van der Waals surface area (Å²) < 4.78 is 47.0. The smallest absolute Gasteiger partial charge is 0.410 e. The average molecular weight is 413 g/mol. The summed E-state index contributed by atoms with van der Waals surface area (Å²) in [6.45, 7) is 6.72. The molecule has 0 radical (unpaired) electrons. The van der Waals surface area contributed by atoms with E-state index in [1.165, 1.54) is 6.07 Å². The van der Waals surface area contributed by atoms with Gasteiger partial charge < -0.3 is 20.3 Å². The van der Waals surface area contributed by atoms with Crippen LogP contribution in [0.1, 0.15) is 57.9 Å². The number of hydrogen-bond donors (Lipinski definition) is 1. The van der Waals surface area contributed by atoms with Crippen LogP contribution >= 0.6 is 0 Å². The maximum absolute atomic E-state index is 14.8. The molecule has 29 heavy (non-hydrogen) atoms. The fourth-order valence-corrected chi connectivity index (χ4v) is 3.99. The number of carbonyl (C=O) groups is 1. The molecule has 0 bridgehead atoms. The van der Waals surface area contributed by atoms with E-state index in [4.69, 9.17) is 10.5 Å². The van der Waals surface area contributed by atoms with E-state index in [0.717, 1.165) is 5.56 Å². The van der Waals surface area contributed by atoms with E-state index in [2.05, 4.69) is 0 Å². The molecule has 0 aromatic heterocycles. The molecule has 2 N–H and O–H groups in total. The third kappa shape index (κ3) is 5.28. The van der Waals surface area contributed by atoms with Gasteiger partial charge in [0.05, 0.1) is 11.4 Å². The Hall–Kier alpha value is -2.12. The van der Waals surface area contributed by atoms with Crippen molar-refractivity contribution in [2.24, 2.45) is 0 Å². The number of halogens is 3. The van der Waals surface area contributed by atoms with Crippen molar-refractivity contribution < 1.29 is 22.7 Å². The van der Waals surface area contributed by atoms with E-state index < -0.39 is 17.3 Å². The number of rotatable bonds is 2. The highest BCUT2D eigenvalue weighted by molar-refractivity contribution is 5.70. The highest BCUT2D eigenvalue weighted by Gasteiger charge is 2.35. The third-order valence-electron chi connectivity index (χ3n) is 5.54. The molecule has 0 unspecified atom stereocenters. The second-order valence-electron chi connectivity index (χ2n) is 9.03. The minimum Gasteiger partial charge on any atom is -0.444 e. The lowest BCUT2D eigenvalue weighted by atomic mass is 9.88. The van der Waals surface area contributed by atoms with Gasteiger partial charge in [-0.05, 0) is 57.2 Å². The topological polar surface area (TPSA) is 58.8 Å². The van der Waals surface area contributed by atoms with Gasteiger partial charge in [0.1, 0.15) is 11.4 Å². The Morgan fingerprint density at radius 1 is 1.14 bits per heavy atom. The molecule has 2 fully saturated rings. The van der Waals surface area contributed by atoms with Crippen LogP contribution in [0.5, 0.6) is 0 Å². The van der Waals surface area contributed by atoms with Crippen LogP contribution in [0.25, 0.3) is 0 Å². The Balaban J connectivity index is 1.65. The number of nitrogens with zero attached hydrogens (tertiary/aromatic N) is 2. The molecule has 3 rings (SSSR count). The first-order chi connectivity index (χ1) is 13.5. The van der Waals surface area contributed by atoms with E-state index in [-0.39, 0.29) is 49.3 Å². The summed E-state index contributed by atoms with van der Waals surface area (Å²) in [5.41, 5.74) is 6.86. The van der Waals surface area contributed by atoms with E-state index in [9.17, 15) is 18.0 Å². The Labute approximate surface area is 170 Å². The predicted molar refractivity (Wildman–Crippen MR) is 107 cm³/mol. The number of nitrogens with two attached hydrogens (primary N) is 1. The Morgan fingerprint density at radius 3 is 2.24 bits per heavy atom. The fourth-order valence-electron chi connectivity index (χ4n) is 3.99. The van der Waals surface area contributed by atoms with E-state index in [0.29, 0.717) is 25.9 Å². The molecule has 0 spiro atoms. The van der Waals surface area contributed by atoms with Crippen LogP contribution in [0.3, 0.4) is 0 Å². The lowest BCUT2D eigenvalue weighted by Gasteiger charge is -2.35. The number of anilines is 2. The van der Waals surface area contributed by atoms with Crippen LogP contribution < -0.4 is 10.6 Å². The number of hydrogen-bond acceptors (Lipinski definition) is 4. The lowest BCUT2D eigenvalue weighted by molar-refractivity contribution is -0.0221. The minimum absolute atomic E-state index is 0.0851. The monoisotopic (exact) mass is 413 g/mol. The molecule has 0 saturated carbocycles. The van der Waals surface area contributed by atoms with Gasteiger partial charge in [0, 0.05) is 39.0 Å². The number of carbonyl (C=O) groups excluding carboxylic acids is 1. The van der Waals surface area contributed by atoms with Crippen molar-refractivity contribution in [2.45, 2.75) is 63.9 Å². The van der Waals surface area contributed by atoms with Crippen LogP contribution in [0.4, 0.5) is 29.3 Å². The normalized spacial score (nSPS) is 20.6. The van der Waals surface area contributed by atoms with Gasteiger partial charge in [0.25, 0.3) is 5.92 Å². The van der Waals surface area contributed by atoms with Gasteiger partial charge in [0.15, 0.2) is 0 Å². The first-order valence-electron chi connectivity index (χ1n) is 10.1. The number of benzene rings is 1. The van der Waals surface area contributed by atoms with Crippen LogP contribution in [-0.2, 0) is 4.74 Å². The SMILES string of the molecule is CC(C)(C)OC(=O)N1CCC(c2cc(N)c(N3CCC(F)(F)CC3)c(F)c2)CC1. The first kappa shape index (κ1) is 21.6. The van der Waals surface area contributed by atoms with Crippen LogP contribution in [0, 0.1) is 5.82 Å². The average Bonchev–Trinajstić information content (AvgIpc) is 2.61. The minimum atomic E-state index is -2.69. The van der Waals surface area contributed by atoms with Crippen molar-refractivity contribution >= 4 is 17.5 Å². The zero-order valence-corrected chi connectivity index (χ0v) is 17.3. The molecule has 0 aliphatic carbocycles. The Morgan fingerprint density at radius 2 is 1.72 bits per heavy atom. The van der Waals surface area contributed by atoms with Crippen molar-refractivity contribution in [3.63, 3.8) is 0 Å². The molecular weight excluding hydrogens is 383 g/mol. The molecule has 1 amide bonds. The Bertz CT molecular complexity index is 723. The van der Waals surface area contributed by atoms with E-state index in [1.807, 2.05) is 20.8 Å². The number of alkyl halides is 2. The lowest BCUT2D eigenvalue weighted by Crippen LogP contribution is -2.41. The standard InChI is InChI=1S/C21H30F3N3O2/c1-20(2,3)29-19(28)27-8-4-14(5-9-27)15-12-16(22)18(17(25)13-15)26-10-6-21(23,24)7-11-26/h12-14H,4-11,25H2,1-3H3. The summed E-state index contributed by atoms with van der Waals surface area (Å²) in [7, 11) is 0. The largest absolute Gasteiger partial charge is 0.444 e. The van der Waals surface area contributed by atoms with Crippen molar-refractivity contribution in [2.75, 3.05) is 36.8 Å². The number of amides is 1. The highest BCUT2D eigenvalue weighted by atomic mass is 19.3. The first-order valence-corrected chi connectivity index (χ1v) is 10.1. The summed E-state index contributed by atoms with van der Waals surface area (Å²) in [5, 5.41) is 0. The van der Waals surface area contributed by atoms with Crippen LogP contribution in [0.15, 0.2) is 12.1 Å². The summed E-state index contributed by atoms with van der Waals surface area (Å²) in [6, 6.07) is 3.21. The van der Waals surface area contributed by atoms with Gasteiger partial charge in [0.2, 0.25) is 0 Å². The molecule has 5 nitrogen and oxygen atoms in total. The quantitative estimate of drug-likeness (QED) is 0.711. The molecule has 1 aromatic rings. The maximum Gasteiger partial charge on any atom is 0.410 e. The van der Waals surface area contributed by atoms with Crippen molar-refractivity contribution in [1.29, 1.82) is 0 Å². The second kappa shape index (κ2) is 7.95. The zero-order chi connectivity index (χ0) is 21.4. The van der Waals surface area contributed by atoms with E-state index >= 15 is 0 Å². The van der Waals surface area contributed by atoms with Gasteiger partial charge in [-0.3, -0.25) is 0 Å². The number of piperidine rings is 2. The Kier molecular flexibility index (Phi) is 5.92. The molecule has 1 aromatic carbocycles. The molecule has 2 aliphatic heterocycles. The molecule has 2 heterocycles. The van der Waals surface area contributed by atoms with Gasteiger partial charge in [-0.2, -0.15) is 0 Å². The van der Waals surface area contributed by atoms with Gasteiger partial charge in [-0.15, -0.1) is 0 Å². The van der Waals surface area contributed by atoms with Crippen molar-refractivity contribution in [1.82, 2.24) is 4.90 Å². The predicted octanol–water partition coefficient (Wildman–Crippen LogP) is 4.76. The zero-order valence-electron chi connectivity index (χ0n) is 17.3. The summed E-state index contributed by atoms with van der Waals surface area (Å²) >= 11 is 0. The third-order valence-corrected chi connectivity index (χ3v) is 5.54. The molecule has 2 saturated heterocycles. The summed E-state index contributed by atoms with van der Waals surface area (Å²) in [4.78, 5) is 15.5. The molecule has 0 atom stereocenters. The molecule has 8 heteroatoms. The van der Waals surface area contributed by atoms with E-state index in [1.54, 1.807) is 15.9 Å².